The van der Waals surface area contributed by atoms with Crippen LogP contribution in [0.25, 0.3) is 0 Å². The van der Waals surface area contributed by atoms with Crippen molar-refractivity contribution in [3.05, 3.63) is 17.5 Å². The largest absolute Gasteiger partial charge is 0.348 e. The van der Waals surface area contributed by atoms with Crippen LogP contribution in [-0.2, 0) is 11.8 Å². The van der Waals surface area contributed by atoms with Gasteiger partial charge in [-0.3, -0.25) is 14.8 Å². The molecule has 106 valence electrons. The van der Waals surface area contributed by atoms with Crippen LogP contribution in [0.1, 0.15) is 30.6 Å². The van der Waals surface area contributed by atoms with Gasteiger partial charge in [0.1, 0.15) is 0 Å². The molecule has 0 aromatic carbocycles. The molecule has 1 fully saturated rings. The lowest BCUT2D eigenvalue weighted by Gasteiger charge is -2.17. The number of halogens is 2. The van der Waals surface area contributed by atoms with E-state index in [2.05, 4.69) is 15.7 Å². The zero-order valence-electron chi connectivity index (χ0n) is 11.2. The van der Waals surface area contributed by atoms with E-state index in [4.69, 9.17) is 0 Å². The van der Waals surface area contributed by atoms with Gasteiger partial charge in [-0.25, -0.2) is 8.78 Å². The molecule has 7 heteroatoms. The Kier molecular flexibility index (Phi) is 3.58. The molecule has 2 heterocycles. The lowest BCUT2D eigenvalue weighted by Crippen LogP contribution is -2.41. The third-order valence-corrected chi connectivity index (χ3v) is 3.52. The zero-order valence-corrected chi connectivity index (χ0v) is 11.2. The molecule has 1 aromatic rings. The van der Waals surface area contributed by atoms with Crippen molar-refractivity contribution in [2.45, 2.75) is 38.3 Å². The lowest BCUT2D eigenvalue weighted by molar-refractivity contribution is -0.124. The van der Waals surface area contributed by atoms with Crippen LogP contribution >= 0.6 is 0 Å². The fraction of sp³-hybridized carbons (Fsp3) is 0.667. The van der Waals surface area contributed by atoms with Gasteiger partial charge in [-0.05, 0) is 13.8 Å². The maximum atomic E-state index is 13.0. The Morgan fingerprint density at radius 3 is 2.84 bits per heavy atom. The van der Waals surface area contributed by atoms with Gasteiger partial charge in [0.05, 0.1) is 24.8 Å². The van der Waals surface area contributed by atoms with Crippen molar-refractivity contribution in [3.8, 4) is 0 Å². The first-order chi connectivity index (χ1) is 8.80. The molecule has 5 nitrogen and oxygen atoms in total. The summed E-state index contributed by atoms with van der Waals surface area (Å²) in [5, 5.41) is 9.38. The fourth-order valence-corrected chi connectivity index (χ4v) is 2.23. The predicted octanol–water partition coefficient (Wildman–Crippen LogP) is 0.903. The van der Waals surface area contributed by atoms with E-state index in [1.54, 1.807) is 10.9 Å². The first-order valence-electron chi connectivity index (χ1n) is 6.20. The van der Waals surface area contributed by atoms with Crippen LogP contribution in [0.5, 0.6) is 0 Å². The number of rotatable bonds is 3. The zero-order chi connectivity index (χ0) is 14.2. The first-order valence-corrected chi connectivity index (χ1v) is 6.20. The molecule has 0 radical (unpaired) electrons. The highest BCUT2D eigenvalue weighted by Gasteiger charge is 2.42. The second kappa shape index (κ2) is 4.88. The summed E-state index contributed by atoms with van der Waals surface area (Å²) < 4.78 is 27.8. The fourth-order valence-electron chi connectivity index (χ4n) is 2.23. The summed E-state index contributed by atoms with van der Waals surface area (Å²) in [5.41, 5.74) is 1.83. The highest BCUT2D eigenvalue weighted by Crippen LogP contribution is 2.25. The van der Waals surface area contributed by atoms with Crippen LogP contribution in [0.3, 0.4) is 0 Å². The number of amides is 1. The summed E-state index contributed by atoms with van der Waals surface area (Å²) >= 11 is 0. The van der Waals surface area contributed by atoms with E-state index in [1.807, 2.05) is 20.9 Å². The second-order valence-electron chi connectivity index (χ2n) is 5.03. The molecule has 1 aliphatic heterocycles. The molecule has 2 unspecified atom stereocenters. The normalized spacial score (nSPS) is 23.3. The average molecular weight is 272 g/mol. The Labute approximate surface area is 110 Å². The van der Waals surface area contributed by atoms with Gasteiger partial charge < -0.3 is 5.32 Å². The number of aryl methyl sites for hydroxylation is 1. The highest BCUT2D eigenvalue weighted by atomic mass is 19.3. The van der Waals surface area contributed by atoms with Gasteiger partial charge in [0, 0.05) is 24.7 Å². The molecule has 1 aromatic heterocycles. The monoisotopic (exact) mass is 272 g/mol. The van der Waals surface area contributed by atoms with Crippen molar-refractivity contribution in [2.24, 2.45) is 7.05 Å². The SMILES string of the molecule is Cc1c(C(C)NC(=O)C2CC(F)(F)CN2)cnn1C. The van der Waals surface area contributed by atoms with Crippen LogP contribution in [-0.4, -0.2) is 34.2 Å². The van der Waals surface area contributed by atoms with E-state index in [-0.39, 0.29) is 6.04 Å². The Balaban J connectivity index is 1.98. The van der Waals surface area contributed by atoms with Gasteiger partial charge >= 0.3 is 0 Å². The second-order valence-corrected chi connectivity index (χ2v) is 5.03. The summed E-state index contributed by atoms with van der Waals surface area (Å²) in [6.07, 6.45) is 1.23. The molecule has 2 N–H and O–H groups in total. The molecule has 1 saturated heterocycles. The van der Waals surface area contributed by atoms with Crippen LogP contribution in [0.2, 0.25) is 0 Å². The van der Waals surface area contributed by atoms with E-state index in [0.717, 1.165) is 11.3 Å². The van der Waals surface area contributed by atoms with E-state index >= 15 is 0 Å². The number of carbonyl (C=O) groups is 1. The van der Waals surface area contributed by atoms with Gasteiger partial charge in [-0.1, -0.05) is 0 Å². The minimum atomic E-state index is -2.80. The van der Waals surface area contributed by atoms with Gasteiger partial charge in [0.2, 0.25) is 5.91 Å². The number of carbonyl (C=O) groups excluding carboxylic acids is 1. The Bertz CT molecular complexity index is 486. The number of nitrogens with one attached hydrogen (secondary N) is 2. The molecule has 0 saturated carbocycles. The van der Waals surface area contributed by atoms with Crippen molar-refractivity contribution >= 4 is 5.91 Å². The first kappa shape index (κ1) is 13.9. The van der Waals surface area contributed by atoms with Crippen molar-refractivity contribution in [1.29, 1.82) is 0 Å². The van der Waals surface area contributed by atoms with Crippen LogP contribution in [0.15, 0.2) is 6.20 Å². The maximum absolute atomic E-state index is 13.0. The quantitative estimate of drug-likeness (QED) is 0.859. The molecular weight excluding hydrogens is 254 g/mol. The Hall–Kier alpha value is -1.50. The molecule has 0 spiro atoms. The summed E-state index contributed by atoms with van der Waals surface area (Å²) in [6, 6.07) is -1.08. The number of hydrogen-bond donors (Lipinski definition) is 2. The third kappa shape index (κ3) is 2.91. The molecule has 2 rings (SSSR count). The van der Waals surface area contributed by atoms with E-state index in [9.17, 15) is 13.6 Å². The topological polar surface area (TPSA) is 59.0 Å². The van der Waals surface area contributed by atoms with Crippen molar-refractivity contribution in [1.82, 2.24) is 20.4 Å². The average Bonchev–Trinajstić information content (AvgIpc) is 2.83. The van der Waals surface area contributed by atoms with Crippen molar-refractivity contribution in [2.75, 3.05) is 6.54 Å². The third-order valence-electron chi connectivity index (χ3n) is 3.52. The molecule has 0 bridgehead atoms. The number of aromatic nitrogens is 2. The van der Waals surface area contributed by atoms with Gasteiger partial charge in [0.15, 0.2) is 0 Å². The summed E-state index contributed by atoms with van der Waals surface area (Å²) in [5.74, 6) is -3.19. The van der Waals surface area contributed by atoms with E-state index < -0.39 is 30.8 Å². The maximum Gasteiger partial charge on any atom is 0.262 e. The molecule has 1 aliphatic rings. The summed E-state index contributed by atoms with van der Waals surface area (Å²) in [4.78, 5) is 11.9. The van der Waals surface area contributed by atoms with E-state index in [0.29, 0.717) is 0 Å². The predicted molar refractivity (Wildman–Crippen MR) is 65.9 cm³/mol. The lowest BCUT2D eigenvalue weighted by atomic mass is 10.1. The summed E-state index contributed by atoms with van der Waals surface area (Å²) in [7, 11) is 1.81. The van der Waals surface area contributed by atoms with E-state index in [1.165, 1.54) is 0 Å². The van der Waals surface area contributed by atoms with Crippen LogP contribution in [0.4, 0.5) is 8.78 Å². The van der Waals surface area contributed by atoms with Crippen LogP contribution in [0, 0.1) is 6.92 Å². The highest BCUT2D eigenvalue weighted by molar-refractivity contribution is 5.82. The Morgan fingerprint density at radius 1 is 1.68 bits per heavy atom. The van der Waals surface area contributed by atoms with Gasteiger partial charge in [0.25, 0.3) is 5.92 Å². The van der Waals surface area contributed by atoms with Crippen molar-refractivity contribution < 1.29 is 13.6 Å². The summed E-state index contributed by atoms with van der Waals surface area (Å²) in [6.45, 7) is 3.27. The number of nitrogens with zero attached hydrogens (tertiary/aromatic N) is 2. The van der Waals surface area contributed by atoms with Crippen LogP contribution < -0.4 is 10.6 Å². The molecular formula is C12H18F2N4O. The van der Waals surface area contributed by atoms with Crippen molar-refractivity contribution in [3.63, 3.8) is 0 Å². The smallest absolute Gasteiger partial charge is 0.262 e. The molecule has 2 atom stereocenters. The Morgan fingerprint density at radius 2 is 2.37 bits per heavy atom. The standard InChI is InChI=1S/C12H18F2N4O/c1-7(9-5-16-18(3)8(9)2)17-11(19)10-4-12(13,14)6-15-10/h5,7,10,15H,4,6H2,1-3H3,(H,17,19). The molecule has 19 heavy (non-hydrogen) atoms. The van der Waals surface area contributed by atoms with Gasteiger partial charge in [-0.15, -0.1) is 0 Å². The van der Waals surface area contributed by atoms with Gasteiger partial charge in [-0.2, -0.15) is 5.10 Å². The number of hydrogen-bond acceptors (Lipinski definition) is 3. The molecule has 0 aliphatic carbocycles. The molecule has 1 amide bonds. The number of alkyl halides is 2. The minimum absolute atomic E-state index is 0.253. The minimum Gasteiger partial charge on any atom is -0.348 e.